The zero-order valence-electron chi connectivity index (χ0n) is 9.30. The van der Waals surface area contributed by atoms with Crippen LogP contribution in [0.2, 0.25) is 0 Å². The molecular formula is C11H12N4OS. The average Bonchev–Trinajstić information content (AvgIpc) is 2.85. The molecule has 0 aliphatic rings. The number of hydrogen-bond donors (Lipinski definition) is 2. The number of thioether (sulfide) groups is 1. The smallest absolute Gasteiger partial charge is 0.277 e. The minimum absolute atomic E-state index is 0.261. The monoisotopic (exact) mass is 248 g/mol. The summed E-state index contributed by atoms with van der Waals surface area (Å²) >= 11 is 1.68. The average molecular weight is 248 g/mol. The lowest BCUT2D eigenvalue weighted by Gasteiger charge is -2.08. The standard InChI is InChI=1S/C11H12N4OS/c1-2-17-10-6-4-3-5-8(10)13-11(16)9-7-12-15-14-9/h3-7H,2H2,1H3,(H,13,16)(H,12,14,15). The van der Waals surface area contributed by atoms with Crippen molar-refractivity contribution in [1.29, 1.82) is 0 Å². The Hall–Kier alpha value is -1.82. The van der Waals surface area contributed by atoms with Crippen LogP contribution in [0.5, 0.6) is 0 Å². The summed E-state index contributed by atoms with van der Waals surface area (Å²) in [6.07, 6.45) is 1.39. The Morgan fingerprint density at radius 1 is 1.47 bits per heavy atom. The van der Waals surface area contributed by atoms with Crippen molar-refractivity contribution in [2.45, 2.75) is 11.8 Å². The van der Waals surface area contributed by atoms with E-state index in [-0.39, 0.29) is 11.6 Å². The van der Waals surface area contributed by atoms with Crippen LogP contribution in [0.4, 0.5) is 5.69 Å². The Balaban J connectivity index is 2.15. The molecule has 0 spiro atoms. The lowest BCUT2D eigenvalue weighted by atomic mass is 10.3. The lowest BCUT2D eigenvalue weighted by Crippen LogP contribution is -2.13. The third kappa shape index (κ3) is 2.85. The van der Waals surface area contributed by atoms with Crippen LogP contribution >= 0.6 is 11.8 Å². The third-order valence-electron chi connectivity index (χ3n) is 2.08. The summed E-state index contributed by atoms with van der Waals surface area (Å²) in [7, 11) is 0. The SMILES string of the molecule is CCSc1ccccc1NC(=O)c1cn[nH]n1. The largest absolute Gasteiger partial charge is 0.320 e. The molecule has 17 heavy (non-hydrogen) atoms. The molecule has 1 aromatic carbocycles. The number of rotatable bonds is 4. The predicted molar refractivity (Wildman–Crippen MR) is 67.2 cm³/mol. The Bertz CT molecular complexity index is 498. The molecule has 0 atom stereocenters. The Labute approximate surface area is 103 Å². The van der Waals surface area contributed by atoms with Crippen molar-refractivity contribution in [2.75, 3.05) is 11.1 Å². The molecule has 2 aromatic rings. The van der Waals surface area contributed by atoms with Gasteiger partial charge in [-0.2, -0.15) is 15.4 Å². The van der Waals surface area contributed by atoms with Crippen LogP contribution in [0.1, 0.15) is 17.4 Å². The number of para-hydroxylation sites is 1. The number of anilines is 1. The molecule has 2 rings (SSSR count). The first-order valence-corrected chi connectivity index (χ1v) is 6.18. The first-order chi connectivity index (χ1) is 8.31. The first kappa shape index (κ1) is 11.7. The van der Waals surface area contributed by atoms with Crippen molar-refractivity contribution in [2.24, 2.45) is 0 Å². The topological polar surface area (TPSA) is 70.7 Å². The van der Waals surface area contributed by atoms with Gasteiger partial charge < -0.3 is 5.32 Å². The number of nitrogens with one attached hydrogen (secondary N) is 2. The molecule has 0 bridgehead atoms. The summed E-state index contributed by atoms with van der Waals surface area (Å²) in [6, 6.07) is 7.68. The van der Waals surface area contributed by atoms with E-state index in [1.54, 1.807) is 11.8 Å². The predicted octanol–water partition coefficient (Wildman–Crippen LogP) is 2.17. The van der Waals surface area contributed by atoms with Gasteiger partial charge in [0.25, 0.3) is 5.91 Å². The van der Waals surface area contributed by atoms with E-state index in [9.17, 15) is 4.79 Å². The summed E-state index contributed by atoms with van der Waals surface area (Å²) in [4.78, 5) is 12.8. The molecule has 1 amide bonds. The number of benzene rings is 1. The maximum atomic E-state index is 11.8. The van der Waals surface area contributed by atoms with Gasteiger partial charge in [-0.1, -0.05) is 19.1 Å². The van der Waals surface area contributed by atoms with Gasteiger partial charge in [0.05, 0.1) is 11.9 Å². The van der Waals surface area contributed by atoms with Crippen molar-refractivity contribution >= 4 is 23.4 Å². The fraction of sp³-hybridized carbons (Fsp3) is 0.182. The molecule has 0 unspecified atom stereocenters. The molecule has 5 nitrogen and oxygen atoms in total. The van der Waals surface area contributed by atoms with E-state index in [1.807, 2.05) is 24.3 Å². The highest BCUT2D eigenvalue weighted by Crippen LogP contribution is 2.26. The van der Waals surface area contributed by atoms with E-state index >= 15 is 0 Å². The fourth-order valence-corrected chi connectivity index (χ4v) is 2.11. The molecule has 2 N–H and O–H groups in total. The second-order valence-electron chi connectivity index (χ2n) is 3.24. The van der Waals surface area contributed by atoms with Gasteiger partial charge in [-0.15, -0.1) is 11.8 Å². The molecule has 1 aromatic heterocycles. The molecule has 0 aliphatic carbocycles. The molecule has 0 radical (unpaired) electrons. The van der Waals surface area contributed by atoms with Gasteiger partial charge >= 0.3 is 0 Å². The Morgan fingerprint density at radius 2 is 2.29 bits per heavy atom. The van der Waals surface area contributed by atoms with Gasteiger partial charge in [-0.3, -0.25) is 4.79 Å². The quantitative estimate of drug-likeness (QED) is 0.813. The molecule has 0 saturated carbocycles. The summed E-state index contributed by atoms with van der Waals surface area (Å²) in [5, 5.41) is 12.6. The number of amides is 1. The van der Waals surface area contributed by atoms with Crippen molar-refractivity contribution in [3.63, 3.8) is 0 Å². The summed E-state index contributed by atoms with van der Waals surface area (Å²) < 4.78 is 0. The number of nitrogens with zero attached hydrogens (tertiary/aromatic N) is 2. The maximum absolute atomic E-state index is 11.8. The molecule has 0 aliphatic heterocycles. The van der Waals surface area contributed by atoms with E-state index in [2.05, 4.69) is 27.7 Å². The number of aromatic amines is 1. The second-order valence-corrected chi connectivity index (χ2v) is 4.54. The van der Waals surface area contributed by atoms with E-state index in [4.69, 9.17) is 0 Å². The minimum Gasteiger partial charge on any atom is -0.320 e. The molecule has 0 fully saturated rings. The third-order valence-corrected chi connectivity index (χ3v) is 3.04. The lowest BCUT2D eigenvalue weighted by molar-refractivity contribution is 0.102. The van der Waals surface area contributed by atoms with Gasteiger partial charge in [0.15, 0.2) is 5.69 Å². The number of H-pyrrole nitrogens is 1. The van der Waals surface area contributed by atoms with Gasteiger partial charge in [-0.25, -0.2) is 0 Å². The van der Waals surface area contributed by atoms with Gasteiger partial charge in [-0.05, 0) is 17.9 Å². The Kier molecular flexibility index (Phi) is 3.77. The summed E-state index contributed by atoms with van der Waals surface area (Å²) in [6.45, 7) is 2.07. The van der Waals surface area contributed by atoms with Gasteiger partial charge in [0.2, 0.25) is 0 Å². The van der Waals surface area contributed by atoms with Crippen molar-refractivity contribution in [3.05, 3.63) is 36.2 Å². The fourth-order valence-electron chi connectivity index (χ4n) is 1.35. The highest BCUT2D eigenvalue weighted by molar-refractivity contribution is 7.99. The van der Waals surface area contributed by atoms with Crippen LogP contribution in [0, 0.1) is 0 Å². The second kappa shape index (κ2) is 5.49. The van der Waals surface area contributed by atoms with Crippen molar-refractivity contribution in [1.82, 2.24) is 15.4 Å². The van der Waals surface area contributed by atoms with Crippen LogP contribution in [-0.4, -0.2) is 27.1 Å². The summed E-state index contributed by atoms with van der Waals surface area (Å²) in [5.74, 6) is 0.694. The van der Waals surface area contributed by atoms with Crippen LogP contribution in [0.15, 0.2) is 35.4 Å². The zero-order valence-corrected chi connectivity index (χ0v) is 10.1. The van der Waals surface area contributed by atoms with Crippen LogP contribution in [-0.2, 0) is 0 Å². The molecule has 0 saturated heterocycles. The molecule has 6 heteroatoms. The number of carbonyl (C=O) groups is 1. The van der Waals surface area contributed by atoms with Crippen LogP contribution in [0.25, 0.3) is 0 Å². The van der Waals surface area contributed by atoms with Gasteiger partial charge in [0, 0.05) is 4.90 Å². The maximum Gasteiger partial charge on any atom is 0.277 e. The van der Waals surface area contributed by atoms with E-state index in [0.717, 1.165) is 16.3 Å². The number of hydrogen-bond acceptors (Lipinski definition) is 4. The summed E-state index contributed by atoms with van der Waals surface area (Å²) in [5.41, 5.74) is 1.08. The van der Waals surface area contributed by atoms with Crippen LogP contribution in [0.3, 0.4) is 0 Å². The number of aromatic nitrogens is 3. The van der Waals surface area contributed by atoms with E-state index in [1.165, 1.54) is 6.20 Å². The number of carbonyl (C=O) groups excluding carboxylic acids is 1. The van der Waals surface area contributed by atoms with E-state index in [0.29, 0.717) is 0 Å². The molecule has 1 heterocycles. The Morgan fingerprint density at radius 3 is 3.00 bits per heavy atom. The van der Waals surface area contributed by atoms with Gasteiger partial charge in [0.1, 0.15) is 0 Å². The highest BCUT2D eigenvalue weighted by Gasteiger charge is 2.10. The zero-order chi connectivity index (χ0) is 12.1. The van der Waals surface area contributed by atoms with Crippen molar-refractivity contribution in [3.8, 4) is 0 Å². The highest BCUT2D eigenvalue weighted by atomic mass is 32.2. The molecule has 88 valence electrons. The minimum atomic E-state index is -0.261. The van der Waals surface area contributed by atoms with Crippen LogP contribution < -0.4 is 5.32 Å². The molecular weight excluding hydrogens is 236 g/mol. The normalized spacial score (nSPS) is 10.2. The van der Waals surface area contributed by atoms with E-state index < -0.39 is 0 Å². The van der Waals surface area contributed by atoms with Crippen molar-refractivity contribution < 1.29 is 4.79 Å². The first-order valence-electron chi connectivity index (χ1n) is 5.20.